The molecule has 1 saturated carbocycles. The Bertz CT molecular complexity index is 521. The standard InChI is InChI=1S/C19H25NO2/c21-19(18-9-4-5-10-18,17-7-2-1-3-8-17)11-6-12-20-13-15-22-16-14-20/h1-3,7-8,18,21H,4-5,9-10,12-16H2. The second kappa shape index (κ2) is 7.28. The van der Waals surface area contributed by atoms with E-state index < -0.39 is 5.60 Å². The topological polar surface area (TPSA) is 32.7 Å². The van der Waals surface area contributed by atoms with Crippen molar-refractivity contribution in [2.45, 2.75) is 31.3 Å². The van der Waals surface area contributed by atoms with Crippen LogP contribution in [0.4, 0.5) is 0 Å². The minimum absolute atomic E-state index is 0.257. The minimum Gasteiger partial charge on any atom is -0.379 e. The van der Waals surface area contributed by atoms with Crippen molar-refractivity contribution < 1.29 is 9.84 Å². The second-order valence-corrected chi connectivity index (χ2v) is 6.30. The fourth-order valence-electron chi connectivity index (χ4n) is 3.49. The van der Waals surface area contributed by atoms with Gasteiger partial charge in [-0.2, -0.15) is 0 Å². The molecular weight excluding hydrogens is 274 g/mol. The highest BCUT2D eigenvalue weighted by Gasteiger charge is 2.38. The zero-order valence-corrected chi connectivity index (χ0v) is 13.1. The second-order valence-electron chi connectivity index (χ2n) is 6.30. The lowest BCUT2D eigenvalue weighted by molar-refractivity contribution is 0.0356. The lowest BCUT2D eigenvalue weighted by atomic mass is 9.80. The third-order valence-electron chi connectivity index (χ3n) is 4.85. The molecule has 1 N–H and O–H groups in total. The molecule has 2 fully saturated rings. The van der Waals surface area contributed by atoms with Crippen molar-refractivity contribution in [3.63, 3.8) is 0 Å². The van der Waals surface area contributed by atoms with Gasteiger partial charge in [0.1, 0.15) is 0 Å². The number of benzene rings is 1. The fourth-order valence-corrected chi connectivity index (χ4v) is 3.49. The summed E-state index contributed by atoms with van der Waals surface area (Å²) in [6.45, 7) is 4.15. The molecule has 22 heavy (non-hydrogen) atoms. The van der Waals surface area contributed by atoms with Gasteiger partial charge in [0.05, 0.1) is 19.8 Å². The Balaban J connectivity index is 1.77. The van der Waals surface area contributed by atoms with E-state index in [1.165, 1.54) is 12.8 Å². The van der Waals surface area contributed by atoms with Crippen molar-refractivity contribution in [2.24, 2.45) is 5.92 Å². The van der Waals surface area contributed by atoms with Crippen LogP contribution >= 0.6 is 0 Å². The van der Waals surface area contributed by atoms with Crippen LogP contribution in [0.25, 0.3) is 0 Å². The summed E-state index contributed by atoms with van der Waals surface area (Å²) in [5, 5.41) is 11.3. The molecule has 1 aromatic rings. The summed E-state index contributed by atoms with van der Waals surface area (Å²) < 4.78 is 5.36. The molecule has 3 heteroatoms. The summed E-state index contributed by atoms with van der Waals surface area (Å²) in [5.74, 6) is 6.72. The van der Waals surface area contributed by atoms with Gasteiger partial charge in [-0.25, -0.2) is 0 Å². The molecule has 1 unspecified atom stereocenters. The summed E-state index contributed by atoms with van der Waals surface area (Å²) in [7, 11) is 0. The Morgan fingerprint density at radius 3 is 2.50 bits per heavy atom. The zero-order chi connectivity index (χ0) is 15.3. The van der Waals surface area contributed by atoms with Gasteiger partial charge < -0.3 is 9.84 Å². The Morgan fingerprint density at radius 1 is 1.14 bits per heavy atom. The predicted octanol–water partition coefficient (Wildman–Crippen LogP) is 2.40. The molecular formula is C19H25NO2. The van der Waals surface area contributed by atoms with Crippen molar-refractivity contribution in [1.29, 1.82) is 0 Å². The molecule has 3 nitrogen and oxygen atoms in total. The van der Waals surface area contributed by atoms with Gasteiger partial charge in [0.15, 0.2) is 5.60 Å². The Kier molecular flexibility index (Phi) is 5.15. The largest absolute Gasteiger partial charge is 0.379 e. The number of aliphatic hydroxyl groups is 1. The summed E-state index contributed by atoms with van der Waals surface area (Å²) >= 11 is 0. The van der Waals surface area contributed by atoms with E-state index in [1.54, 1.807) is 0 Å². The first kappa shape index (κ1) is 15.6. The summed E-state index contributed by atoms with van der Waals surface area (Å²) in [4.78, 5) is 2.29. The quantitative estimate of drug-likeness (QED) is 0.870. The van der Waals surface area contributed by atoms with Gasteiger partial charge >= 0.3 is 0 Å². The van der Waals surface area contributed by atoms with Crippen molar-refractivity contribution >= 4 is 0 Å². The van der Waals surface area contributed by atoms with Gasteiger partial charge in [-0.3, -0.25) is 4.90 Å². The van der Waals surface area contributed by atoms with Crippen LogP contribution < -0.4 is 0 Å². The maximum absolute atomic E-state index is 11.3. The van der Waals surface area contributed by atoms with Crippen LogP contribution in [0.2, 0.25) is 0 Å². The highest BCUT2D eigenvalue weighted by molar-refractivity contribution is 5.33. The van der Waals surface area contributed by atoms with Gasteiger partial charge in [-0.15, -0.1) is 0 Å². The van der Waals surface area contributed by atoms with Crippen molar-refractivity contribution in [1.82, 2.24) is 4.90 Å². The van der Waals surface area contributed by atoms with Gasteiger partial charge in [0.25, 0.3) is 0 Å². The maximum Gasteiger partial charge on any atom is 0.153 e. The first-order chi connectivity index (χ1) is 10.8. The van der Waals surface area contributed by atoms with E-state index in [-0.39, 0.29) is 5.92 Å². The first-order valence-corrected chi connectivity index (χ1v) is 8.37. The molecule has 1 aliphatic heterocycles. The van der Waals surface area contributed by atoms with Crippen LogP contribution in [-0.4, -0.2) is 42.9 Å². The van der Waals surface area contributed by atoms with Crippen molar-refractivity contribution in [3.05, 3.63) is 35.9 Å². The summed E-state index contributed by atoms with van der Waals surface area (Å²) in [6, 6.07) is 9.96. The molecule has 1 aromatic carbocycles. The average molecular weight is 299 g/mol. The fraction of sp³-hybridized carbons (Fsp3) is 0.579. The number of hydrogen-bond acceptors (Lipinski definition) is 3. The molecule has 0 bridgehead atoms. The maximum atomic E-state index is 11.3. The van der Waals surface area contributed by atoms with Gasteiger partial charge in [0, 0.05) is 19.0 Å². The van der Waals surface area contributed by atoms with Gasteiger partial charge in [0.2, 0.25) is 0 Å². The Morgan fingerprint density at radius 2 is 1.82 bits per heavy atom. The molecule has 1 saturated heterocycles. The molecule has 0 radical (unpaired) electrons. The Hall–Kier alpha value is -1.34. The smallest absolute Gasteiger partial charge is 0.153 e. The normalized spacial score (nSPS) is 22.8. The molecule has 1 aliphatic carbocycles. The highest BCUT2D eigenvalue weighted by atomic mass is 16.5. The number of rotatable bonds is 3. The van der Waals surface area contributed by atoms with E-state index in [0.29, 0.717) is 6.54 Å². The SMILES string of the molecule is OC(C#CCN1CCOCC1)(c1ccccc1)C1CCCC1. The molecule has 1 heterocycles. The molecule has 0 spiro atoms. The van der Waals surface area contributed by atoms with Crippen molar-refractivity contribution in [3.8, 4) is 11.8 Å². The van der Waals surface area contributed by atoms with Crippen molar-refractivity contribution in [2.75, 3.05) is 32.8 Å². The summed E-state index contributed by atoms with van der Waals surface area (Å²) in [5.41, 5.74) is -0.0549. The van der Waals surface area contributed by atoms with E-state index in [1.807, 2.05) is 30.3 Å². The lowest BCUT2D eigenvalue weighted by Crippen LogP contribution is -2.37. The number of ether oxygens (including phenoxy) is 1. The molecule has 118 valence electrons. The molecule has 3 rings (SSSR count). The zero-order valence-electron chi connectivity index (χ0n) is 13.1. The minimum atomic E-state index is -0.996. The van der Waals surface area contributed by atoms with Gasteiger partial charge in [-0.05, 0) is 18.4 Å². The van der Waals surface area contributed by atoms with Crippen LogP contribution in [0.1, 0.15) is 31.2 Å². The number of morpholine rings is 1. The van der Waals surface area contributed by atoms with E-state index in [2.05, 4.69) is 16.7 Å². The van der Waals surface area contributed by atoms with Crippen LogP contribution in [0.3, 0.4) is 0 Å². The van der Waals surface area contributed by atoms with Crippen LogP contribution in [0, 0.1) is 17.8 Å². The van der Waals surface area contributed by atoms with Gasteiger partial charge in [-0.1, -0.05) is 55.0 Å². The third-order valence-corrected chi connectivity index (χ3v) is 4.85. The van der Waals surface area contributed by atoms with Crippen LogP contribution in [-0.2, 0) is 10.3 Å². The summed E-state index contributed by atoms with van der Waals surface area (Å²) in [6.07, 6.45) is 4.53. The average Bonchev–Trinajstić information content (AvgIpc) is 3.12. The van der Waals surface area contributed by atoms with Crippen LogP contribution in [0.5, 0.6) is 0 Å². The molecule has 0 amide bonds. The van der Waals surface area contributed by atoms with E-state index in [9.17, 15) is 5.11 Å². The monoisotopic (exact) mass is 299 g/mol. The van der Waals surface area contributed by atoms with E-state index in [0.717, 1.165) is 44.7 Å². The van der Waals surface area contributed by atoms with E-state index in [4.69, 9.17) is 4.74 Å². The Labute approximate surface area is 133 Å². The molecule has 0 aromatic heterocycles. The molecule has 2 aliphatic rings. The highest BCUT2D eigenvalue weighted by Crippen LogP contribution is 2.40. The van der Waals surface area contributed by atoms with E-state index >= 15 is 0 Å². The first-order valence-electron chi connectivity index (χ1n) is 8.37. The predicted molar refractivity (Wildman–Crippen MR) is 87.3 cm³/mol. The molecule has 1 atom stereocenters. The van der Waals surface area contributed by atoms with Crippen LogP contribution in [0.15, 0.2) is 30.3 Å². The number of hydrogen-bond donors (Lipinski definition) is 1. The lowest BCUT2D eigenvalue weighted by Gasteiger charge is -2.30. The number of nitrogens with zero attached hydrogens (tertiary/aromatic N) is 1. The third kappa shape index (κ3) is 3.52.